The van der Waals surface area contributed by atoms with Crippen LogP contribution < -0.4 is 10.6 Å². The fourth-order valence-electron chi connectivity index (χ4n) is 2.37. The zero-order valence-corrected chi connectivity index (χ0v) is 10.8. The van der Waals surface area contributed by atoms with E-state index in [-0.39, 0.29) is 11.9 Å². The molecule has 0 fully saturated rings. The van der Waals surface area contributed by atoms with Crippen molar-refractivity contribution >= 4 is 17.5 Å². The van der Waals surface area contributed by atoms with Gasteiger partial charge in [0.15, 0.2) is 0 Å². The summed E-state index contributed by atoms with van der Waals surface area (Å²) in [6.07, 6.45) is 0.444. The molecule has 0 unspecified atom stereocenters. The number of carbonyl (C=O) groups is 1. The lowest BCUT2D eigenvalue weighted by molar-refractivity contribution is -0.117. The van der Waals surface area contributed by atoms with Crippen LogP contribution in [0.2, 0.25) is 0 Å². The van der Waals surface area contributed by atoms with Crippen molar-refractivity contribution in [2.24, 2.45) is 0 Å². The number of anilines is 2. The first-order valence-corrected chi connectivity index (χ1v) is 6.05. The Morgan fingerprint density at radius 2 is 2.05 bits per heavy atom. The summed E-state index contributed by atoms with van der Waals surface area (Å²) in [6.45, 7) is 1.88. The third-order valence-corrected chi connectivity index (χ3v) is 3.32. The van der Waals surface area contributed by atoms with Crippen LogP contribution in [0.4, 0.5) is 11.6 Å². The molecule has 2 N–H and O–H groups in total. The summed E-state index contributed by atoms with van der Waals surface area (Å²) in [5.74, 6) is 0.384. The third kappa shape index (κ3) is 1.93. The SMILES string of the molecule is Cc1cc(-c2ccc3c(c2)CC(=O)N3C)nc(N)n1. The average molecular weight is 254 g/mol. The number of amides is 1. The first-order valence-electron chi connectivity index (χ1n) is 6.05. The van der Waals surface area contributed by atoms with Crippen molar-refractivity contribution in [3.8, 4) is 11.3 Å². The molecule has 1 aliphatic rings. The summed E-state index contributed by atoms with van der Waals surface area (Å²) < 4.78 is 0. The minimum atomic E-state index is 0.116. The summed E-state index contributed by atoms with van der Waals surface area (Å²) in [4.78, 5) is 21.6. The zero-order chi connectivity index (χ0) is 13.6. The fourth-order valence-corrected chi connectivity index (χ4v) is 2.37. The lowest BCUT2D eigenvalue weighted by Crippen LogP contribution is -2.20. The highest BCUT2D eigenvalue weighted by molar-refractivity contribution is 6.01. The summed E-state index contributed by atoms with van der Waals surface area (Å²) in [7, 11) is 1.79. The van der Waals surface area contributed by atoms with E-state index in [0.29, 0.717) is 6.42 Å². The Morgan fingerprint density at radius 3 is 2.79 bits per heavy atom. The highest BCUT2D eigenvalue weighted by Crippen LogP contribution is 2.31. The molecule has 2 heterocycles. The number of aromatic nitrogens is 2. The lowest BCUT2D eigenvalue weighted by Gasteiger charge is -2.10. The van der Waals surface area contributed by atoms with Crippen LogP contribution in [0.5, 0.6) is 0 Å². The Bertz CT molecular complexity index is 661. The molecule has 2 aromatic rings. The van der Waals surface area contributed by atoms with Gasteiger partial charge in [0.05, 0.1) is 12.1 Å². The van der Waals surface area contributed by atoms with Crippen LogP contribution in [-0.2, 0) is 11.2 Å². The van der Waals surface area contributed by atoms with E-state index in [2.05, 4.69) is 9.97 Å². The van der Waals surface area contributed by atoms with E-state index < -0.39 is 0 Å². The molecule has 0 aliphatic carbocycles. The molecule has 1 aliphatic heterocycles. The summed E-state index contributed by atoms with van der Waals surface area (Å²) >= 11 is 0. The molecular formula is C14H14N4O. The van der Waals surface area contributed by atoms with E-state index in [1.54, 1.807) is 11.9 Å². The van der Waals surface area contributed by atoms with Gasteiger partial charge in [-0.25, -0.2) is 9.97 Å². The number of rotatable bonds is 1. The molecule has 0 bridgehead atoms. The standard InChI is InChI=1S/C14H14N4O/c1-8-5-11(17-14(15)16-8)9-3-4-12-10(6-9)7-13(19)18(12)2/h3-6H,7H2,1-2H3,(H2,15,16,17). The van der Waals surface area contributed by atoms with E-state index in [4.69, 9.17) is 5.73 Å². The van der Waals surface area contributed by atoms with Gasteiger partial charge >= 0.3 is 0 Å². The highest BCUT2D eigenvalue weighted by atomic mass is 16.2. The Hall–Kier alpha value is -2.43. The molecule has 1 amide bonds. The molecule has 0 radical (unpaired) electrons. The van der Waals surface area contributed by atoms with Crippen molar-refractivity contribution < 1.29 is 4.79 Å². The molecule has 96 valence electrons. The van der Waals surface area contributed by atoms with Gasteiger partial charge in [-0.05, 0) is 30.7 Å². The molecule has 1 aromatic heterocycles. The van der Waals surface area contributed by atoms with Crippen LogP contribution in [0.1, 0.15) is 11.3 Å². The number of hydrogen-bond acceptors (Lipinski definition) is 4. The summed E-state index contributed by atoms with van der Waals surface area (Å²) in [5.41, 5.74) is 10.2. The molecule has 5 nitrogen and oxygen atoms in total. The van der Waals surface area contributed by atoms with Crippen molar-refractivity contribution in [2.45, 2.75) is 13.3 Å². The highest BCUT2D eigenvalue weighted by Gasteiger charge is 2.24. The molecule has 0 spiro atoms. The predicted molar refractivity (Wildman–Crippen MR) is 73.7 cm³/mol. The summed E-state index contributed by atoms with van der Waals surface area (Å²) in [6, 6.07) is 7.79. The van der Waals surface area contributed by atoms with E-state index >= 15 is 0 Å². The van der Waals surface area contributed by atoms with Crippen LogP contribution in [0, 0.1) is 6.92 Å². The van der Waals surface area contributed by atoms with E-state index in [1.165, 1.54) is 0 Å². The number of benzene rings is 1. The smallest absolute Gasteiger partial charge is 0.231 e. The van der Waals surface area contributed by atoms with Crippen molar-refractivity contribution in [3.63, 3.8) is 0 Å². The molecule has 3 rings (SSSR count). The predicted octanol–water partition coefficient (Wildman–Crippen LogP) is 1.55. The topological polar surface area (TPSA) is 72.1 Å². The molecule has 19 heavy (non-hydrogen) atoms. The van der Waals surface area contributed by atoms with Crippen molar-refractivity contribution in [2.75, 3.05) is 17.7 Å². The molecule has 0 saturated carbocycles. The Kier molecular flexibility index (Phi) is 2.48. The Labute approximate surface area is 111 Å². The number of carbonyl (C=O) groups excluding carboxylic acids is 1. The van der Waals surface area contributed by atoms with Crippen LogP contribution in [0.15, 0.2) is 24.3 Å². The number of nitrogens with two attached hydrogens (primary N) is 1. The monoisotopic (exact) mass is 254 g/mol. The number of nitrogens with zero attached hydrogens (tertiary/aromatic N) is 3. The van der Waals surface area contributed by atoms with Gasteiger partial charge in [0, 0.05) is 24.0 Å². The van der Waals surface area contributed by atoms with Gasteiger partial charge in [-0.3, -0.25) is 4.79 Å². The zero-order valence-electron chi connectivity index (χ0n) is 10.8. The Morgan fingerprint density at radius 1 is 1.26 bits per heavy atom. The average Bonchev–Trinajstić information content (AvgIpc) is 2.63. The molecular weight excluding hydrogens is 240 g/mol. The van der Waals surface area contributed by atoms with Crippen LogP contribution in [-0.4, -0.2) is 22.9 Å². The minimum Gasteiger partial charge on any atom is -0.368 e. The van der Waals surface area contributed by atoms with Gasteiger partial charge in [0.2, 0.25) is 11.9 Å². The maximum Gasteiger partial charge on any atom is 0.231 e. The first kappa shape index (κ1) is 11.6. The second-order valence-electron chi connectivity index (χ2n) is 4.73. The maximum absolute atomic E-state index is 11.7. The molecule has 0 atom stereocenters. The normalized spacial score (nSPS) is 13.8. The first-order chi connectivity index (χ1) is 9.04. The molecule has 1 aromatic carbocycles. The second kappa shape index (κ2) is 4.05. The number of nitrogen functional groups attached to an aromatic ring is 1. The van der Waals surface area contributed by atoms with E-state index in [1.807, 2.05) is 31.2 Å². The number of aryl methyl sites for hydroxylation is 1. The van der Waals surface area contributed by atoms with Gasteiger partial charge in [0.25, 0.3) is 0 Å². The maximum atomic E-state index is 11.7. The van der Waals surface area contributed by atoms with Gasteiger partial charge < -0.3 is 10.6 Å². The van der Waals surface area contributed by atoms with Crippen LogP contribution in [0.3, 0.4) is 0 Å². The van der Waals surface area contributed by atoms with Crippen LogP contribution in [0.25, 0.3) is 11.3 Å². The largest absolute Gasteiger partial charge is 0.368 e. The molecule has 5 heteroatoms. The second-order valence-corrected chi connectivity index (χ2v) is 4.73. The van der Waals surface area contributed by atoms with Crippen molar-refractivity contribution in [3.05, 3.63) is 35.5 Å². The number of likely N-dealkylation sites (N-methyl/N-ethyl adjacent to an activating group) is 1. The number of hydrogen-bond donors (Lipinski definition) is 1. The quantitative estimate of drug-likeness (QED) is 0.838. The van der Waals surface area contributed by atoms with E-state index in [9.17, 15) is 4.79 Å². The summed E-state index contributed by atoms with van der Waals surface area (Å²) in [5, 5.41) is 0. The van der Waals surface area contributed by atoms with Gasteiger partial charge in [-0.1, -0.05) is 6.07 Å². The third-order valence-electron chi connectivity index (χ3n) is 3.32. The van der Waals surface area contributed by atoms with Crippen molar-refractivity contribution in [1.29, 1.82) is 0 Å². The Balaban J connectivity index is 2.08. The van der Waals surface area contributed by atoms with Gasteiger partial charge in [0.1, 0.15) is 0 Å². The van der Waals surface area contributed by atoms with Crippen molar-refractivity contribution in [1.82, 2.24) is 9.97 Å². The lowest BCUT2D eigenvalue weighted by atomic mass is 10.1. The van der Waals surface area contributed by atoms with Crippen LogP contribution >= 0.6 is 0 Å². The van der Waals surface area contributed by atoms with Gasteiger partial charge in [-0.15, -0.1) is 0 Å². The number of fused-ring (bicyclic) bond motifs is 1. The van der Waals surface area contributed by atoms with Gasteiger partial charge in [-0.2, -0.15) is 0 Å². The van der Waals surface area contributed by atoms with E-state index in [0.717, 1.165) is 28.2 Å². The fraction of sp³-hybridized carbons (Fsp3) is 0.214. The minimum absolute atomic E-state index is 0.116. The molecule has 0 saturated heterocycles.